The molecular weight excluding hydrogens is 346 g/mol. The first kappa shape index (κ1) is 17.0. The highest BCUT2D eigenvalue weighted by Gasteiger charge is 2.18. The predicted molar refractivity (Wildman–Crippen MR) is 101 cm³/mol. The van der Waals surface area contributed by atoms with Crippen molar-refractivity contribution in [2.75, 3.05) is 25.6 Å². The van der Waals surface area contributed by atoms with Crippen LogP contribution in [-0.4, -0.2) is 29.9 Å². The number of hydrogen-bond acceptors (Lipinski definition) is 6. The summed E-state index contributed by atoms with van der Waals surface area (Å²) < 4.78 is 18.3. The fraction of sp³-hybridized carbons (Fsp3) is 0.200. The Morgan fingerprint density at radius 2 is 1.93 bits per heavy atom. The van der Waals surface area contributed by atoms with Gasteiger partial charge in [-0.05, 0) is 17.7 Å². The minimum Gasteiger partial charge on any atom is -0.490 e. The van der Waals surface area contributed by atoms with Gasteiger partial charge in [-0.1, -0.05) is 36.4 Å². The van der Waals surface area contributed by atoms with Gasteiger partial charge in [0, 0.05) is 0 Å². The molecule has 138 valence electrons. The number of anilines is 2. The number of nitrogens with one attached hydrogen (secondary N) is 1. The van der Waals surface area contributed by atoms with E-state index in [0.717, 1.165) is 5.56 Å². The van der Waals surface area contributed by atoms with Gasteiger partial charge in [-0.15, -0.1) is 0 Å². The van der Waals surface area contributed by atoms with Crippen LogP contribution in [0, 0.1) is 0 Å². The Kier molecular flexibility index (Phi) is 4.65. The van der Waals surface area contributed by atoms with Crippen molar-refractivity contribution in [3.05, 3.63) is 70.6 Å². The van der Waals surface area contributed by atoms with E-state index in [4.69, 9.17) is 14.2 Å². The van der Waals surface area contributed by atoms with Crippen molar-refractivity contribution in [2.45, 2.75) is 6.54 Å². The number of aromatic nitrogens is 2. The molecule has 0 atom stereocenters. The van der Waals surface area contributed by atoms with Gasteiger partial charge in [0.05, 0.1) is 25.5 Å². The van der Waals surface area contributed by atoms with E-state index in [9.17, 15) is 4.79 Å². The minimum absolute atomic E-state index is 0.186. The summed E-state index contributed by atoms with van der Waals surface area (Å²) in [5, 5.41) is 3.20. The van der Waals surface area contributed by atoms with E-state index >= 15 is 0 Å². The molecule has 4 rings (SSSR count). The predicted octanol–water partition coefficient (Wildman–Crippen LogP) is 2.82. The summed E-state index contributed by atoms with van der Waals surface area (Å²) in [5.41, 5.74) is 1.32. The molecule has 0 unspecified atom stereocenters. The molecule has 2 aromatic carbocycles. The summed E-state index contributed by atoms with van der Waals surface area (Å²) in [7, 11) is 1.46. The van der Waals surface area contributed by atoms with Crippen LogP contribution < -0.4 is 25.1 Å². The summed E-state index contributed by atoms with van der Waals surface area (Å²) >= 11 is 0. The number of nitrogens with zero attached hydrogens (tertiary/aromatic N) is 2. The largest absolute Gasteiger partial charge is 0.490 e. The molecule has 27 heavy (non-hydrogen) atoms. The van der Waals surface area contributed by atoms with Crippen LogP contribution in [0.2, 0.25) is 0 Å². The van der Waals surface area contributed by atoms with Gasteiger partial charge in [0.1, 0.15) is 13.2 Å². The van der Waals surface area contributed by atoms with Crippen molar-refractivity contribution in [2.24, 2.45) is 0 Å². The van der Waals surface area contributed by atoms with E-state index in [2.05, 4.69) is 10.3 Å². The Bertz CT molecular complexity index is 1000. The van der Waals surface area contributed by atoms with Gasteiger partial charge < -0.3 is 24.1 Å². The van der Waals surface area contributed by atoms with Crippen LogP contribution in [0.15, 0.2) is 59.5 Å². The van der Waals surface area contributed by atoms with Crippen LogP contribution in [0.1, 0.15) is 5.56 Å². The van der Waals surface area contributed by atoms with Crippen molar-refractivity contribution in [1.82, 2.24) is 9.55 Å². The van der Waals surface area contributed by atoms with Crippen molar-refractivity contribution < 1.29 is 14.2 Å². The maximum atomic E-state index is 12.2. The summed E-state index contributed by atoms with van der Waals surface area (Å²) in [6.45, 7) is 1.51. The summed E-state index contributed by atoms with van der Waals surface area (Å²) in [4.78, 5) is 16.4. The lowest BCUT2D eigenvalue weighted by Gasteiger charge is -2.22. The van der Waals surface area contributed by atoms with Crippen molar-refractivity contribution in [3.63, 3.8) is 0 Å². The molecule has 3 aromatic rings. The van der Waals surface area contributed by atoms with E-state index in [-0.39, 0.29) is 5.75 Å². The summed E-state index contributed by atoms with van der Waals surface area (Å²) in [6.07, 6.45) is 1.65. The Morgan fingerprint density at radius 1 is 1.11 bits per heavy atom. The molecule has 0 bridgehead atoms. The quantitative estimate of drug-likeness (QED) is 0.749. The van der Waals surface area contributed by atoms with Gasteiger partial charge in [0.15, 0.2) is 11.5 Å². The summed E-state index contributed by atoms with van der Waals surface area (Å²) in [5.74, 6) is 1.86. The molecule has 2 heterocycles. The Hall–Kier alpha value is -3.48. The number of para-hydroxylation sites is 1. The molecule has 0 fully saturated rings. The van der Waals surface area contributed by atoms with E-state index in [1.807, 2.05) is 53.1 Å². The Morgan fingerprint density at radius 3 is 2.74 bits per heavy atom. The molecule has 7 nitrogen and oxygen atoms in total. The lowest BCUT2D eigenvalue weighted by Crippen LogP contribution is -2.20. The van der Waals surface area contributed by atoms with Gasteiger partial charge >= 0.3 is 5.56 Å². The second-order valence-corrected chi connectivity index (χ2v) is 6.01. The average molecular weight is 365 g/mol. The molecule has 0 spiro atoms. The second kappa shape index (κ2) is 7.41. The number of fused-ring (bicyclic) bond motifs is 1. The number of benzene rings is 2. The third-order valence-corrected chi connectivity index (χ3v) is 4.19. The van der Waals surface area contributed by atoms with Crippen LogP contribution in [0.25, 0.3) is 0 Å². The van der Waals surface area contributed by atoms with Crippen LogP contribution in [0.5, 0.6) is 17.2 Å². The molecule has 1 N–H and O–H groups in total. The monoisotopic (exact) mass is 365 g/mol. The van der Waals surface area contributed by atoms with Crippen LogP contribution in [0.3, 0.4) is 0 Å². The fourth-order valence-electron chi connectivity index (χ4n) is 2.91. The zero-order valence-corrected chi connectivity index (χ0v) is 14.8. The molecule has 0 amide bonds. The molecule has 0 saturated heterocycles. The van der Waals surface area contributed by atoms with Gasteiger partial charge in [-0.25, -0.2) is 0 Å². The first-order valence-corrected chi connectivity index (χ1v) is 8.59. The highest BCUT2D eigenvalue weighted by atomic mass is 16.6. The van der Waals surface area contributed by atoms with E-state index < -0.39 is 5.56 Å². The van der Waals surface area contributed by atoms with Crippen molar-refractivity contribution >= 4 is 11.6 Å². The molecule has 0 saturated carbocycles. The highest BCUT2D eigenvalue weighted by molar-refractivity contribution is 5.68. The van der Waals surface area contributed by atoms with Crippen molar-refractivity contribution in [3.8, 4) is 17.2 Å². The molecular formula is C20H19N3O4. The zero-order chi connectivity index (χ0) is 18.6. The molecule has 0 aliphatic carbocycles. The standard InChI is InChI=1S/C20H19N3O4/c1-25-17-13-23(12-14-6-3-2-4-7-14)20(22-19(17)24)21-15-8-5-9-16-18(15)27-11-10-26-16/h2-9,13H,10-12H2,1H3,(H,21,22,24). The Balaban J connectivity index is 1.74. The average Bonchev–Trinajstić information content (AvgIpc) is 2.71. The SMILES string of the molecule is COc1cn(Cc2ccccc2)c(Nc2cccc3c2OCCO3)nc1=O. The third-order valence-electron chi connectivity index (χ3n) is 4.19. The zero-order valence-electron chi connectivity index (χ0n) is 14.8. The first-order chi connectivity index (χ1) is 13.2. The van der Waals surface area contributed by atoms with Crippen molar-refractivity contribution in [1.29, 1.82) is 0 Å². The highest BCUT2D eigenvalue weighted by Crippen LogP contribution is 2.38. The molecule has 7 heteroatoms. The first-order valence-electron chi connectivity index (χ1n) is 8.59. The number of hydrogen-bond donors (Lipinski definition) is 1. The van der Waals surface area contributed by atoms with Gasteiger partial charge in [0.2, 0.25) is 11.7 Å². The van der Waals surface area contributed by atoms with Crippen LogP contribution in [0.4, 0.5) is 11.6 Å². The van der Waals surface area contributed by atoms with E-state index in [0.29, 0.717) is 42.9 Å². The van der Waals surface area contributed by atoms with Crippen LogP contribution in [-0.2, 0) is 6.54 Å². The topological polar surface area (TPSA) is 74.6 Å². The normalized spacial score (nSPS) is 12.5. The number of methoxy groups -OCH3 is 1. The summed E-state index contributed by atoms with van der Waals surface area (Å²) in [6, 6.07) is 15.5. The number of ether oxygens (including phenoxy) is 3. The van der Waals surface area contributed by atoms with E-state index in [1.54, 1.807) is 6.20 Å². The maximum absolute atomic E-state index is 12.2. The van der Waals surface area contributed by atoms with Gasteiger partial charge in [0.25, 0.3) is 0 Å². The third kappa shape index (κ3) is 3.57. The lowest BCUT2D eigenvalue weighted by molar-refractivity contribution is 0.172. The molecule has 0 radical (unpaired) electrons. The lowest BCUT2D eigenvalue weighted by atomic mass is 10.2. The molecule has 1 aliphatic rings. The van der Waals surface area contributed by atoms with E-state index in [1.165, 1.54) is 7.11 Å². The van der Waals surface area contributed by atoms with Crippen LogP contribution >= 0.6 is 0 Å². The smallest absolute Gasteiger partial charge is 0.316 e. The van der Waals surface area contributed by atoms with Gasteiger partial charge in [-0.3, -0.25) is 4.79 Å². The molecule has 1 aromatic heterocycles. The minimum atomic E-state index is -0.439. The Labute approximate surface area is 156 Å². The second-order valence-electron chi connectivity index (χ2n) is 6.01. The van der Waals surface area contributed by atoms with Gasteiger partial charge in [-0.2, -0.15) is 4.98 Å². The number of rotatable bonds is 5. The molecule has 1 aliphatic heterocycles. The fourth-order valence-corrected chi connectivity index (χ4v) is 2.91. The maximum Gasteiger partial charge on any atom is 0.316 e.